The summed E-state index contributed by atoms with van der Waals surface area (Å²) in [6, 6.07) is 34.3. The van der Waals surface area contributed by atoms with Gasteiger partial charge < -0.3 is 23.7 Å². The standard InChI is InChI=1S/C47H38FN3O7/c48-43-24-38(17-12-34(43)26-49)57-47(53)33-14-19-44(36(23-33)27-50-51-28-42-40-8-3-1-6-31(40)22-32-7-2-4-9-41(32)42)58-46(52)30-10-15-37(16-11-30)55-21-5-20-54-29-35-13-18-39-25-45(35)56-39/h1-4,6-12,14-17,19,22-24,27-28,35,39,45H,5,13,18,20-21,25,29H2/b50-27+,51-28+. The number of rotatable bonds is 14. The van der Waals surface area contributed by atoms with Crippen LogP contribution in [0.5, 0.6) is 17.2 Å². The number of nitrogens with zero attached hydrogens (tertiary/aromatic N) is 3. The number of halogens is 1. The number of esters is 2. The van der Waals surface area contributed by atoms with E-state index in [2.05, 4.69) is 16.3 Å². The Labute approximate surface area is 334 Å². The van der Waals surface area contributed by atoms with Gasteiger partial charge in [-0.2, -0.15) is 15.5 Å². The van der Waals surface area contributed by atoms with Gasteiger partial charge in [-0.1, -0.05) is 48.5 Å². The van der Waals surface area contributed by atoms with Gasteiger partial charge in [0.2, 0.25) is 0 Å². The van der Waals surface area contributed by atoms with Crippen LogP contribution in [0.2, 0.25) is 0 Å². The molecule has 10 nitrogen and oxygen atoms in total. The van der Waals surface area contributed by atoms with E-state index in [-0.39, 0.29) is 33.8 Å². The molecule has 2 heterocycles. The Morgan fingerprint density at radius 1 is 0.776 bits per heavy atom. The first-order valence-corrected chi connectivity index (χ1v) is 19.1. The number of benzene rings is 6. The van der Waals surface area contributed by atoms with Crippen LogP contribution in [0, 0.1) is 23.1 Å². The molecule has 1 saturated carbocycles. The van der Waals surface area contributed by atoms with Gasteiger partial charge in [0.05, 0.1) is 54.5 Å². The average molecular weight is 776 g/mol. The summed E-state index contributed by atoms with van der Waals surface area (Å²) in [7, 11) is 0. The predicted octanol–water partition coefficient (Wildman–Crippen LogP) is 9.25. The highest BCUT2D eigenvalue weighted by atomic mass is 19.1. The Balaban J connectivity index is 0.958. The highest BCUT2D eigenvalue weighted by Gasteiger charge is 2.41. The predicted molar refractivity (Wildman–Crippen MR) is 217 cm³/mol. The lowest BCUT2D eigenvalue weighted by atomic mass is 9.80. The normalized spacial score (nSPS) is 17.3. The molecule has 2 bridgehead atoms. The van der Waals surface area contributed by atoms with Crippen molar-refractivity contribution < 1.29 is 37.7 Å². The van der Waals surface area contributed by atoms with E-state index in [9.17, 15) is 14.0 Å². The summed E-state index contributed by atoms with van der Waals surface area (Å²) >= 11 is 0. The number of hydrogen-bond acceptors (Lipinski definition) is 10. The molecule has 3 atom stereocenters. The SMILES string of the molecule is N#Cc1ccc(OC(=O)c2ccc(OC(=O)c3ccc(OCCCOCC4CCC5CC4O5)cc3)c(/C=N/N=C/c3c4ccccc4cc4ccccc34)c2)cc1F. The molecule has 9 rings (SSSR count). The van der Waals surface area contributed by atoms with Gasteiger partial charge in [-0.3, -0.25) is 0 Å². The molecule has 58 heavy (non-hydrogen) atoms. The van der Waals surface area contributed by atoms with Crippen molar-refractivity contribution in [3.63, 3.8) is 0 Å². The zero-order chi connectivity index (χ0) is 39.8. The van der Waals surface area contributed by atoms with Crippen LogP contribution in [0.1, 0.15) is 63.1 Å². The second-order valence-electron chi connectivity index (χ2n) is 14.2. The lowest BCUT2D eigenvalue weighted by Crippen LogP contribution is -2.48. The van der Waals surface area contributed by atoms with Crippen LogP contribution in [0.4, 0.5) is 4.39 Å². The zero-order valence-corrected chi connectivity index (χ0v) is 31.4. The first-order valence-electron chi connectivity index (χ1n) is 19.1. The molecular formula is C47H38FN3O7. The fraction of sp³-hybridized carbons (Fsp3) is 0.213. The number of hydrogen-bond donors (Lipinski definition) is 0. The molecule has 2 saturated heterocycles. The topological polar surface area (TPSA) is 129 Å². The van der Waals surface area contributed by atoms with Crippen LogP contribution in [0.25, 0.3) is 21.5 Å². The highest BCUT2D eigenvalue weighted by Crippen LogP contribution is 2.39. The van der Waals surface area contributed by atoms with Gasteiger partial charge in [0.1, 0.15) is 29.1 Å². The molecule has 290 valence electrons. The van der Waals surface area contributed by atoms with E-state index >= 15 is 0 Å². The fourth-order valence-electron chi connectivity index (χ4n) is 7.25. The van der Waals surface area contributed by atoms with Crippen molar-refractivity contribution >= 4 is 45.9 Å². The van der Waals surface area contributed by atoms with Crippen molar-refractivity contribution in [2.75, 3.05) is 19.8 Å². The zero-order valence-electron chi connectivity index (χ0n) is 31.4. The largest absolute Gasteiger partial charge is 0.494 e. The Hall–Kier alpha value is -6.74. The van der Waals surface area contributed by atoms with Gasteiger partial charge in [-0.15, -0.1) is 0 Å². The molecule has 3 aliphatic rings. The van der Waals surface area contributed by atoms with Gasteiger partial charge in [-0.25, -0.2) is 14.0 Å². The van der Waals surface area contributed by atoms with Gasteiger partial charge >= 0.3 is 11.9 Å². The van der Waals surface area contributed by atoms with Crippen LogP contribution in [0.15, 0.2) is 125 Å². The van der Waals surface area contributed by atoms with Crippen LogP contribution in [0.3, 0.4) is 0 Å². The lowest BCUT2D eigenvalue weighted by molar-refractivity contribution is -0.195. The third-order valence-electron chi connectivity index (χ3n) is 10.4. The summed E-state index contributed by atoms with van der Waals surface area (Å²) in [6.07, 6.45) is 8.04. The minimum absolute atomic E-state index is 0.0708. The third kappa shape index (κ3) is 8.79. The first kappa shape index (κ1) is 38.1. The van der Waals surface area contributed by atoms with E-state index in [1.54, 1.807) is 36.5 Å². The minimum atomic E-state index is -0.818. The maximum atomic E-state index is 14.2. The first-order chi connectivity index (χ1) is 28.4. The van der Waals surface area contributed by atoms with Crippen molar-refractivity contribution in [1.29, 1.82) is 5.26 Å². The lowest BCUT2D eigenvalue weighted by Gasteiger charge is -2.46. The number of fused-ring (bicyclic) bond motifs is 4. The third-order valence-corrected chi connectivity index (χ3v) is 10.4. The van der Waals surface area contributed by atoms with Gasteiger partial charge in [0.15, 0.2) is 0 Å². The van der Waals surface area contributed by atoms with Crippen molar-refractivity contribution in [1.82, 2.24) is 0 Å². The van der Waals surface area contributed by atoms with Crippen molar-refractivity contribution in [3.05, 3.63) is 149 Å². The van der Waals surface area contributed by atoms with Crippen molar-refractivity contribution in [2.24, 2.45) is 16.1 Å². The van der Waals surface area contributed by atoms with E-state index in [1.165, 1.54) is 43.0 Å². The van der Waals surface area contributed by atoms with Crippen LogP contribution in [-0.4, -0.2) is 56.4 Å². The van der Waals surface area contributed by atoms with Crippen LogP contribution < -0.4 is 14.2 Å². The van der Waals surface area contributed by atoms with E-state index in [0.29, 0.717) is 43.7 Å². The molecule has 11 heteroatoms. The summed E-state index contributed by atoms with van der Waals surface area (Å²) in [6.45, 7) is 1.77. The molecule has 0 N–H and O–H groups in total. The summed E-state index contributed by atoms with van der Waals surface area (Å²) in [5.41, 5.74) is 1.30. The molecule has 6 aromatic carbocycles. The number of nitriles is 1. The Bertz CT molecular complexity index is 2520. The molecule has 0 aromatic heterocycles. The van der Waals surface area contributed by atoms with Gasteiger partial charge in [0, 0.05) is 42.6 Å². The smallest absolute Gasteiger partial charge is 0.343 e. The Morgan fingerprint density at radius 3 is 2.17 bits per heavy atom. The molecular weight excluding hydrogens is 738 g/mol. The van der Waals surface area contributed by atoms with Gasteiger partial charge in [0.25, 0.3) is 0 Å². The molecule has 0 radical (unpaired) electrons. The second kappa shape index (κ2) is 17.6. The van der Waals surface area contributed by atoms with E-state index < -0.39 is 17.8 Å². The molecule has 2 aliphatic heterocycles. The maximum Gasteiger partial charge on any atom is 0.343 e. The fourth-order valence-corrected chi connectivity index (χ4v) is 7.25. The number of ether oxygens (including phenoxy) is 5. The number of carbonyl (C=O) groups excluding carboxylic acids is 2. The average Bonchev–Trinajstić information content (AvgIpc) is 3.23. The van der Waals surface area contributed by atoms with E-state index in [4.69, 9.17) is 28.9 Å². The highest BCUT2D eigenvalue weighted by molar-refractivity contribution is 6.13. The number of carbonyl (C=O) groups is 2. The van der Waals surface area contributed by atoms with E-state index in [0.717, 1.165) is 52.4 Å². The molecule has 0 amide bonds. The minimum Gasteiger partial charge on any atom is -0.494 e. The summed E-state index contributed by atoms with van der Waals surface area (Å²) < 4.78 is 43.0. The summed E-state index contributed by atoms with van der Waals surface area (Å²) in [5, 5.41) is 21.8. The molecule has 1 aliphatic carbocycles. The Kier molecular flexibility index (Phi) is 11.6. The molecule has 3 fully saturated rings. The van der Waals surface area contributed by atoms with Crippen molar-refractivity contribution in [2.45, 2.75) is 37.9 Å². The maximum absolute atomic E-state index is 14.2. The second-order valence-corrected chi connectivity index (χ2v) is 14.2. The van der Waals surface area contributed by atoms with E-state index in [1.807, 2.05) is 48.5 Å². The summed E-state index contributed by atoms with van der Waals surface area (Å²) in [5.74, 6) is -1.15. The molecule has 3 unspecified atom stereocenters. The molecule has 0 spiro atoms. The molecule has 6 aromatic rings. The summed E-state index contributed by atoms with van der Waals surface area (Å²) in [4.78, 5) is 26.5. The van der Waals surface area contributed by atoms with Crippen LogP contribution in [-0.2, 0) is 9.47 Å². The monoisotopic (exact) mass is 775 g/mol. The van der Waals surface area contributed by atoms with Gasteiger partial charge in [-0.05, 0) is 95.1 Å². The quantitative estimate of drug-likeness (QED) is 0.0268. The van der Waals surface area contributed by atoms with Crippen molar-refractivity contribution in [3.8, 4) is 23.3 Å². The van der Waals surface area contributed by atoms with Crippen LogP contribution >= 0.6 is 0 Å². The Morgan fingerprint density at radius 2 is 1.47 bits per heavy atom.